The van der Waals surface area contributed by atoms with Gasteiger partial charge in [-0.2, -0.15) is 0 Å². The summed E-state index contributed by atoms with van der Waals surface area (Å²) in [5.41, 5.74) is 1.30. The quantitative estimate of drug-likeness (QED) is 0.748. The van der Waals surface area contributed by atoms with Gasteiger partial charge < -0.3 is 10.1 Å². The van der Waals surface area contributed by atoms with Gasteiger partial charge >= 0.3 is 0 Å². The molecular formula is C17H30N2O. The van der Waals surface area contributed by atoms with Gasteiger partial charge in [-0.1, -0.05) is 26.0 Å². The lowest BCUT2D eigenvalue weighted by molar-refractivity contribution is 0.207. The highest BCUT2D eigenvalue weighted by atomic mass is 16.5. The molecule has 0 saturated carbocycles. The zero-order valence-electron chi connectivity index (χ0n) is 13.6. The molecule has 3 nitrogen and oxygen atoms in total. The Labute approximate surface area is 124 Å². The fraction of sp³-hybridized carbons (Fsp3) is 0.647. The van der Waals surface area contributed by atoms with E-state index in [2.05, 4.69) is 56.1 Å². The van der Waals surface area contributed by atoms with Gasteiger partial charge in [-0.05, 0) is 51.1 Å². The van der Waals surface area contributed by atoms with E-state index in [1.54, 1.807) is 7.11 Å². The van der Waals surface area contributed by atoms with Crippen molar-refractivity contribution < 1.29 is 4.74 Å². The SMILES string of the molecule is CCCNC(CN(CC)C(C)C)c1cccc(OC)c1. The Kier molecular flexibility index (Phi) is 7.63. The van der Waals surface area contributed by atoms with Crippen LogP contribution in [0, 0.1) is 0 Å². The minimum absolute atomic E-state index is 0.354. The molecule has 1 aromatic carbocycles. The third-order valence-electron chi connectivity index (χ3n) is 3.69. The molecule has 0 fully saturated rings. The Balaban J connectivity index is 2.86. The van der Waals surface area contributed by atoms with E-state index in [9.17, 15) is 0 Å². The number of hydrogen-bond donors (Lipinski definition) is 1. The molecule has 1 rings (SSSR count). The lowest BCUT2D eigenvalue weighted by atomic mass is 10.0. The van der Waals surface area contributed by atoms with Crippen LogP contribution in [0.3, 0.4) is 0 Å². The number of likely N-dealkylation sites (N-methyl/N-ethyl adjacent to an activating group) is 1. The summed E-state index contributed by atoms with van der Waals surface area (Å²) in [5, 5.41) is 3.66. The molecule has 114 valence electrons. The van der Waals surface area contributed by atoms with Crippen LogP contribution in [0.2, 0.25) is 0 Å². The molecule has 0 spiro atoms. The zero-order chi connectivity index (χ0) is 15.0. The van der Waals surface area contributed by atoms with Crippen LogP contribution in [-0.2, 0) is 0 Å². The van der Waals surface area contributed by atoms with Gasteiger partial charge in [0.15, 0.2) is 0 Å². The second-order valence-electron chi connectivity index (χ2n) is 5.46. The first-order chi connectivity index (χ1) is 9.62. The van der Waals surface area contributed by atoms with Gasteiger partial charge in [0.05, 0.1) is 7.11 Å². The van der Waals surface area contributed by atoms with Crippen molar-refractivity contribution in [3.63, 3.8) is 0 Å². The van der Waals surface area contributed by atoms with Gasteiger partial charge in [0.1, 0.15) is 5.75 Å². The maximum absolute atomic E-state index is 5.35. The highest BCUT2D eigenvalue weighted by Crippen LogP contribution is 2.21. The summed E-state index contributed by atoms with van der Waals surface area (Å²) in [6.45, 7) is 12.1. The van der Waals surface area contributed by atoms with Crippen LogP contribution in [0.1, 0.15) is 45.7 Å². The Morgan fingerprint density at radius 3 is 2.55 bits per heavy atom. The van der Waals surface area contributed by atoms with Gasteiger partial charge in [0, 0.05) is 18.6 Å². The fourth-order valence-corrected chi connectivity index (χ4v) is 2.40. The molecule has 3 heteroatoms. The molecule has 1 N–H and O–H groups in total. The van der Waals surface area contributed by atoms with Gasteiger partial charge in [-0.3, -0.25) is 4.90 Å². The molecule has 0 bridgehead atoms. The molecule has 0 aliphatic carbocycles. The maximum atomic E-state index is 5.35. The third-order valence-corrected chi connectivity index (χ3v) is 3.69. The number of hydrogen-bond acceptors (Lipinski definition) is 3. The second-order valence-corrected chi connectivity index (χ2v) is 5.46. The summed E-state index contributed by atoms with van der Waals surface area (Å²) in [7, 11) is 1.72. The van der Waals surface area contributed by atoms with Crippen molar-refractivity contribution in [2.75, 3.05) is 26.7 Å². The van der Waals surface area contributed by atoms with E-state index in [-0.39, 0.29) is 0 Å². The van der Waals surface area contributed by atoms with Crippen molar-refractivity contribution in [1.82, 2.24) is 10.2 Å². The molecule has 0 aromatic heterocycles. The molecular weight excluding hydrogens is 248 g/mol. The van der Waals surface area contributed by atoms with Crippen LogP contribution < -0.4 is 10.1 Å². The number of rotatable bonds is 9. The normalized spacial score (nSPS) is 12.9. The predicted octanol–water partition coefficient (Wildman–Crippen LogP) is 3.47. The van der Waals surface area contributed by atoms with Gasteiger partial charge in [0.2, 0.25) is 0 Å². The third kappa shape index (κ3) is 5.14. The van der Waals surface area contributed by atoms with E-state index < -0.39 is 0 Å². The minimum atomic E-state index is 0.354. The Bertz CT molecular complexity index is 379. The largest absolute Gasteiger partial charge is 0.497 e. The van der Waals surface area contributed by atoms with E-state index in [0.717, 1.165) is 31.8 Å². The molecule has 1 atom stereocenters. The standard InChI is InChI=1S/C17H30N2O/c1-6-11-18-17(13-19(7-2)14(3)4)15-9-8-10-16(12-15)20-5/h8-10,12,14,17-18H,6-7,11,13H2,1-5H3. The Morgan fingerprint density at radius 2 is 2.00 bits per heavy atom. The first-order valence-corrected chi connectivity index (χ1v) is 7.73. The number of methoxy groups -OCH3 is 1. The summed E-state index contributed by atoms with van der Waals surface area (Å²) in [6.07, 6.45) is 1.15. The monoisotopic (exact) mass is 278 g/mol. The number of benzene rings is 1. The van der Waals surface area contributed by atoms with Crippen LogP contribution >= 0.6 is 0 Å². The molecule has 0 saturated heterocycles. The summed E-state index contributed by atoms with van der Waals surface area (Å²) >= 11 is 0. The van der Waals surface area contributed by atoms with Crippen LogP contribution in [0.25, 0.3) is 0 Å². The van der Waals surface area contributed by atoms with Gasteiger partial charge in [-0.15, -0.1) is 0 Å². The number of ether oxygens (including phenoxy) is 1. The molecule has 0 heterocycles. The van der Waals surface area contributed by atoms with Crippen molar-refractivity contribution in [2.24, 2.45) is 0 Å². The molecule has 0 amide bonds. The zero-order valence-corrected chi connectivity index (χ0v) is 13.6. The summed E-state index contributed by atoms with van der Waals surface area (Å²) < 4.78 is 5.35. The molecule has 0 radical (unpaired) electrons. The van der Waals surface area contributed by atoms with E-state index in [1.165, 1.54) is 5.56 Å². The number of nitrogens with zero attached hydrogens (tertiary/aromatic N) is 1. The maximum Gasteiger partial charge on any atom is 0.119 e. The second kappa shape index (κ2) is 8.98. The van der Waals surface area contributed by atoms with Crippen molar-refractivity contribution in [3.05, 3.63) is 29.8 Å². The highest BCUT2D eigenvalue weighted by molar-refractivity contribution is 5.30. The van der Waals surface area contributed by atoms with Crippen LogP contribution in [0.5, 0.6) is 5.75 Å². The fourth-order valence-electron chi connectivity index (χ4n) is 2.40. The molecule has 20 heavy (non-hydrogen) atoms. The average molecular weight is 278 g/mol. The van der Waals surface area contributed by atoms with Crippen molar-refractivity contribution >= 4 is 0 Å². The lowest BCUT2D eigenvalue weighted by Gasteiger charge is -2.30. The highest BCUT2D eigenvalue weighted by Gasteiger charge is 2.17. The predicted molar refractivity (Wildman–Crippen MR) is 86.4 cm³/mol. The summed E-state index contributed by atoms with van der Waals surface area (Å²) in [5.74, 6) is 0.929. The van der Waals surface area contributed by atoms with E-state index in [1.807, 2.05) is 6.07 Å². The van der Waals surface area contributed by atoms with Crippen LogP contribution in [-0.4, -0.2) is 37.7 Å². The van der Waals surface area contributed by atoms with E-state index in [0.29, 0.717) is 12.1 Å². The molecule has 0 aliphatic rings. The Hall–Kier alpha value is -1.06. The summed E-state index contributed by atoms with van der Waals surface area (Å²) in [4.78, 5) is 2.49. The van der Waals surface area contributed by atoms with Crippen molar-refractivity contribution in [1.29, 1.82) is 0 Å². The molecule has 1 unspecified atom stereocenters. The van der Waals surface area contributed by atoms with Gasteiger partial charge in [-0.25, -0.2) is 0 Å². The number of nitrogens with one attached hydrogen (secondary N) is 1. The van der Waals surface area contributed by atoms with E-state index in [4.69, 9.17) is 4.74 Å². The first kappa shape index (κ1) is 17.0. The Morgan fingerprint density at radius 1 is 1.25 bits per heavy atom. The van der Waals surface area contributed by atoms with Crippen LogP contribution in [0.15, 0.2) is 24.3 Å². The van der Waals surface area contributed by atoms with E-state index >= 15 is 0 Å². The smallest absolute Gasteiger partial charge is 0.119 e. The van der Waals surface area contributed by atoms with Crippen LogP contribution in [0.4, 0.5) is 0 Å². The topological polar surface area (TPSA) is 24.5 Å². The molecule has 1 aromatic rings. The lowest BCUT2D eigenvalue weighted by Crippen LogP contribution is -2.39. The molecule has 0 aliphatic heterocycles. The van der Waals surface area contributed by atoms with Crippen molar-refractivity contribution in [3.8, 4) is 5.75 Å². The van der Waals surface area contributed by atoms with Gasteiger partial charge in [0.25, 0.3) is 0 Å². The first-order valence-electron chi connectivity index (χ1n) is 7.73. The summed E-state index contributed by atoms with van der Waals surface area (Å²) in [6, 6.07) is 9.32. The average Bonchev–Trinajstić information content (AvgIpc) is 2.47. The minimum Gasteiger partial charge on any atom is -0.497 e. The van der Waals surface area contributed by atoms with Crippen molar-refractivity contribution in [2.45, 2.75) is 46.2 Å².